The first-order chi connectivity index (χ1) is 26.0. The second-order valence-electron chi connectivity index (χ2n) is 13.7. The molecule has 2 aliphatic heterocycles. The summed E-state index contributed by atoms with van der Waals surface area (Å²) in [5.74, 6) is 0.0973. The molecule has 0 aliphatic carbocycles. The van der Waals surface area contributed by atoms with Crippen molar-refractivity contribution in [2.75, 3.05) is 71.4 Å². The maximum Gasteiger partial charge on any atom is 0.490 e. The van der Waals surface area contributed by atoms with Gasteiger partial charge in [-0.3, -0.25) is 19.9 Å². The Morgan fingerprint density at radius 1 is 0.852 bits per heavy atom. The van der Waals surface area contributed by atoms with Crippen molar-refractivity contribution in [3.8, 4) is 33.9 Å². The Balaban J connectivity index is 0.000000649. The molecule has 5 aromatic rings. The van der Waals surface area contributed by atoms with Crippen molar-refractivity contribution in [2.24, 2.45) is 0 Å². The Hall–Kier alpha value is -5.25. The highest BCUT2D eigenvalue weighted by molar-refractivity contribution is 5.81. The number of alkyl halides is 3. The van der Waals surface area contributed by atoms with Crippen LogP contribution in [0.5, 0.6) is 0 Å². The summed E-state index contributed by atoms with van der Waals surface area (Å²) in [6.45, 7) is 9.11. The van der Waals surface area contributed by atoms with Gasteiger partial charge in [0, 0.05) is 75.3 Å². The van der Waals surface area contributed by atoms with Crippen LogP contribution in [0.1, 0.15) is 30.1 Å². The smallest absolute Gasteiger partial charge is 0.475 e. The summed E-state index contributed by atoms with van der Waals surface area (Å²) in [5.41, 5.74) is 6.42. The Morgan fingerprint density at radius 3 is 2.17 bits per heavy atom. The average Bonchev–Trinajstić information content (AvgIpc) is 3.69. The summed E-state index contributed by atoms with van der Waals surface area (Å²) in [6, 6.07) is 25.3. The molecule has 2 fully saturated rings. The number of aliphatic carboxylic acids is 1. The highest BCUT2D eigenvalue weighted by atomic mass is 19.4. The van der Waals surface area contributed by atoms with E-state index in [0.29, 0.717) is 11.7 Å². The van der Waals surface area contributed by atoms with Crippen molar-refractivity contribution in [3.63, 3.8) is 0 Å². The zero-order chi connectivity index (χ0) is 38.1. The SMILES string of the molecule is CN(C)CCN1CCN(c2ncc(-c3ccccc3)c(-c3ccc(CN4CCC(c5nc(-c6ccccn6)n[nH]5)CC4)cc3)n2)CC1.O=C(O)C(F)(F)F. The molecule has 2 saturated heterocycles. The Morgan fingerprint density at radius 2 is 1.54 bits per heavy atom. The molecule has 3 aromatic heterocycles. The maximum atomic E-state index is 10.6. The largest absolute Gasteiger partial charge is 0.490 e. The van der Waals surface area contributed by atoms with Crippen LogP contribution < -0.4 is 4.90 Å². The summed E-state index contributed by atoms with van der Waals surface area (Å²) in [6.07, 6.45) is 0.823. The van der Waals surface area contributed by atoms with Crippen LogP contribution in [0.4, 0.5) is 19.1 Å². The van der Waals surface area contributed by atoms with Gasteiger partial charge in [-0.25, -0.2) is 19.7 Å². The van der Waals surface area contributed by atoms with E-state index in [2.05, 4.69) is 103 Å². The minimum atomic E-state index is -5.08. The van der Waals surface area contributed by atoms with Gasteiger partial charge in [0.1, 0.15) is 11.5 Å². The number of halogens is 3. The number of benzene rings is 2. The molecule has 0 radical (unpaired) electrons. The number of anilines is 1. The van der Waals surface area contributed by atoms with Crippen LogP contribution in [0, 0.1) is 0 Å². The number of likely N-dealkylation sites (N-methyl/N-ethyl adjacent to an activating group) is 1. The van der Waals surface area contributed by atoms with E-state index in [1.54, 1.807) is 6.20 Å². The molecule has 0 atom stereocenters. The Kier molecular flexibility index (Phi) is 12.6. The van der Waals surface area contributed by atoms with Gasteiger partial charge in [0.15, 0.2) is 5.82 Å². The number of H-pyrrole nitrogens is 1. The zero-order valence-corrected chi connectivity index (χ0v) is 30.5. The second-order valence-corrected chi connectivity index (χ2v) is 13.7. The molecule has 12 nitrogen and oxygen atoms in total. The third kappa shape index (κ3) is 10.2. The molecule has 2 N–H and O–H groups in total. The monoisotopic (exact) mass is 742 g/mol. The van der Waals surface area contributed by atoms with Crippen LogP contribution in [-0.4, -0.2) is 129 Å². The van der Waals surface area contributed by atoms with Gasteiger partial charge in [-0.05, 0) is 63.3 Å². The number of carboxylic acid groups (broad SMARTS) is 1. The number of hydrogen-bond donors (Lipinski definition) is 2. The molecule has 0 spiro atoms. The molecule has 284 valence electrons. The summed E-state index contributed by atoms with van der Waals surface area (Å²) in [7, 11) is 4.27. The normalized spacial score (nSPS) is 15.9. The Bertz CT molecular complexity index is 1930. The predicted molar refractivity (Wildman–Crippen MR) is 201 cm³/mol. The number of aromatic nitrogens is 6. The van der Waals surface area contributed by atoms with Gasteiger partial charge < -0.3 is 14.9 Å². The first-order valence-corrected chi connectivity index (χ1v) is 18.0. The van der Waals surface area contributed by atoms with E-state index in [4.69, 9.17) is 24.9 Å². The van der Waals surface area contributed by atoms with Gasteiger partial charge in [-0.15, -0.1) is 0 Å². The molecule has 0 saturated carbocycles. The van der Waals surface area contributed by atoms with Gasteiger partial charge in [0.25, 0.3) is 0 Å². The van der Waals surface area contributed by atoms with Gasteiger partial charge >= 0.3 is 12.1 Å². The quantitative estimate of drug-likeness (QED) is 0.183. The van der Waals surface area contributed by atoms with Crippen LogP contribution in [0.25, 0.3) is 33.9 Å². The van der Waals surface area contributed by atoms with Gasteiger partial charge in [-0.1, -0.05) is 60.7 Å². The van der Waals surface area contributed by atoms with Crippen molar-refractivity contribution in [2.45, 2.75) is 31.5 Å². The van der Waals surface area contributed by atoms with E-state index < -0.39 is 12.1 Å². The minimum absolute atomic E-state index is 0.392. The molecule has 5 heterocycles. The minimum Gasteiger partial charge on any atom is -0.475 e. The van der Waals surface area contributed by atoms with Crippen molar-refractivity contribution >= 4 is 11.9 Å². The number of nitrogens with zero attached hydrogens (tertiary/aromatic N) is 9. The summed E-state index contributed by atoms with van der Waals surface area (Å²) >= 11 is 0. The van der Waals surface area contributed by atoms with E-state index in [9.17, 15) is 13.2 Å². The first kappa shape index (κ1) is 38.5. The molecule has 2 aromatic carbocycles. The molecule has 0 bridgehead atoms. The molecule has 54 heavy (non-hydrogen) atoms. The fourth-order valence-electron chi connectivity index (χ4n) is 6.54. The number of piperidine rings is 1. The number of nitrogens with one attached hydrogen (secondary N) is 1. The van der Waals surface area contributed by atoms with E-state index in [1.165, 1.54) is 5.56 Å². The number of hydrogen-bond acceptors (Lipinski definition) is 10. The maximum absolute atomic E-state index is 10.6. The number of rotatable bonds is 10. The zero-order valence-electron chi connectivity index (χ0n) is 30.5. The molecule has 7 rings (SSSR count). The highest BCUT2D eigenvalue weighted by Gasteiger charge is 2.38. The summed E-state index contributed by atoms with van der Waals surface area (Å²) in [5, 5.41) is 14.7. The summed E-state index contributed by atoms with van der Waals surface area (Å²) in [4.78, 5) is 37.8. The highest BCUT2D eigenvalue weighted by Crippen LogP contribution is 2.33. The molecular formula is C39H45F3N10O2. The third-order valence-electron chi connectivity index (χ3n) is 9.63. The first-order valence-electron chi connectivity index (χ1n) is 18.0. The predicted octanol–water partition coefficient (Wildman–Crippen LogP) is 5.69. The fraction of sp³-hybridized carbons (Fsp3) is 0.385. The number of carboxylic acids is 1. The van der Waals surface area contributed by atoms with Crippen molar-refractivity contribution in [1.82, 2.24) is 44.8 Å². The summed E-state index contributed by atoms with van der Waals surface area (Å²) < 4.78 is 31.7. The topological polar surface area (TPSA) is 130 Å². The van der Waals surface area contributed by atoms with Crippen molar-refractivity contribution in [1.29, 1.82) is 0 Å². The van der Waals surface area contributed by atoms with Gasteiger partial charge in [0.2, 0.25) is 5.95 Å². The second kappa shape index (κ2) is 17.7. The lowest BCUT2D eigenvalue weighted by Crippen LogP contribution is -2.48. The van der Waals surface area contributed by atoms with Gasteiger partial charge in [-0.2, -0.15) is 18.3 Å². The van der Waals surface area contributed by atoms with E-state index in [0.717, 1.165) is 112 Å². The van der Waals surface area contributed by atoms with Crippen molar-refractivity contribution in [3.05, 3.63) is 96.6 Å². The van der Waals surface area contributed by atoms with Crippen LogP contribution in [-0.2, 0) is 11.3 Å². The molecule has 15 heteroatoms. The van der Waals surface area contributed by atoms with Crippen LogP contribution in [0.15, 0.2) is 85.2 Å². The number of pyridine rings is 1. The van der Waals surface area contributed by atoms with Crippen LogP contribution >= 0.6 is 0 Å². The lowest BCUT2D eigenvalue weighted by Gasteiger charge is -2.35. The van der Waals surface area contributed by atoms with Gasteiger partial charge in [0.05, 0.1) is 5.69 Å². The molecular weight excluding hydrogens is 697 g/mol. The number of piperazine rings is 1. The fourth-order valence-corrected chi connectivity index (χ4v) is 6.54. The lowest BCUT2D eigenvalue weighted by atomic mass is 9.95. The number of aromatic amines is 1. The van der Waals surface area contributed by atoms with Crippen LogP contribution in [0.2, 0.25) is 0 Å². The Labute approximate surface area is 312 Å². The van der Waals surface area contributed by atoms with E-state index in [1.807, 2.05) is 24.4 Å². The standard InChI is InChI=1S/C37H44N10.C2HF3O2/c1-44(2)20-21-45-22-24-47(25-23-45)37-39-26-32(29-8-4-3-5-9-29)34(40-37)30-13-11-28(12-14-30)27-46-18-15-31(16-19-46)35-41-36(43-42-35)33-10-6-7-17-38-33;3-2(4,5)1(6)7/h3-14,17,26,31H,15-16,18-25,27H2,1-2H3,(H,41,42,43);(H,6,7). The third-order valence-corrected chi connectivity index (χ3v) is 9.63. The number of likely N-dealkylation sites (tertiary alicyclic amines) is 1. The van der Waals surface area contributed by atoms with Crippen LogP contribution in [0.3, 0.4) is 0 Å². The molecule has 0 amide bonds. The molecule has 0 unspecified atom stereocenters. The average molecular weight is 743 g/mol. The van der Waals surface area contributed by atoms with E-state index >= 15 is 0 Å². The molecule has 2 aliphatic rings. The lowest BCUT2D eigenvalue weighted by molar-refractivity contribution is -0.192. The van der Waals surface area contributed by atoms with Crippen molar-refractivity contribution < 1.29 is 23.1 Å². The number of carbonyl (C=O) groups is 1. The van der Waals surface area contributed by atoms with E-state index in [-0.39, 0.29) is 0 Å².